The zero-order valence-electron chi connectivity index (χ0n) is 6.89. The van der Waals surface area contributed by atoms with Crippen molar-refractivity contribution >= 4 is 15.9 Å². The van der Waals surface area contributed by atoms with E-state index >= 15 is 0 Å². The van der Waals surface area contributed by atoms with Crippen molar-refractivity contribution in [3.63, 3.8) is 0 Å². The van der Waals surface area contributed by atoms with E-state index in [0.717, 1.165) is 0 Å². The topological polar surface area (TPSA) is 33.1 Å². The third-order valence-corrected chi connectivity index (χ3v) is 2.48. The molecule has 1 aromatic heterocycles. The van der Waals surface area contributed by atoms with Crippen LogP contribution in [0.15, 0.2) is 10.7 Å². The van der Waals surface area contributed by atoms with Crippen molar-refractivity contribution in [1.82, 2.24) is 4.98 Å². The van der Waals surface area contributed by atoms with Gasteiger partial charge in [0.25, 0.3) is 6.43 Å². The number of hydrogen-bond acceptors (Lipinski definition) is 2. The average molecular weight is 252 g/mol. The first-order valence-electron chi connectivity index (χ1n) is 3.61. The Balaban J connectivity index is 3.25. The summed E-state index contributed by atoms with van der Waals surface area (Å²) < 4.78 is 25.1. The van der Waals surface area contributed by atoms with Crippen LogP contribution < -0.4 is 0 Å². The molecule has 0 atom stereocenters. The number of rotatable bonds is 2. The molecular formula is C8H8BrF2NO. The van der Waals surface area contributed by atoms with Gasteiger partial charge in [-0.25, -0.2) is 13.8 Å². The Hall–Kier alpha value is -0.550. The molecule has 0 aromatic carbocycles. The van der Waals surface area contributed by atoms with Crippen molar-refractivity contribution in [1.29, 1.82) is 0 Å². The molecule has 0 spiro atoms. The van der Waals surface area contributed by atoms with Crippen LogP contribution in [0.2, 0.25) is 0 Å². The van der Waals surface area contributed by atoms with Gasteiger partial charge in [0.1, 0.15) is 4.60 Å². The Kier molecular flexibility index (Phi) is 3.33. The quantitative estimate of drug-likeness (QED) is 0.820. The summed E-state index contributed by atoms with van der Waals surface area (Å²) in [4.78, 5) is 3.87. The van der Waals surface area contributed by atoms with Gasteiger partial charge in [-0.1, -0.05) is 0 Å². The fraction of sp³-hybridized carbons (Fsp3) is 0.375. The lowest BCUT2D eigenvalue weighted by atomic mass is 10.1. The van der Waals surface area contributed by atoms with Gasteiger partial charge in [-0.2, -0.15) is 0 Å². The zero-order chi connectivity index (χ0) is 10.0. The molecule has 0 fully saturated rings. The lowest BCUT2D eigenvalue weighted by molar-refractivity contribution is 0.150. The van der Waals surface area contributed by atoms with Crippen molar-refractivity contribution in [2.24, 2.45) is 0 Å². The van der Waals surface area contributed by atoms with Crippen LogP contribution in [0.25, 0.3) is 0 Å². The van der Waals surface area contributed by atoms with Crippen LogP contribution >= 0.6 is 15.9 Å². The molecule has 1 aromatic rings. The second kappa shape index (κ2) is 4.11. The van der Waals surface area contributed by atoms with Crippen LogP contribution in [0.5, 0.6) is 0 Å². The standard InChI is InChI=1S/C8H8BrF2NO/c1-4-6(8(10)11)2-5(3-13)12-7(4)9/h2,8,13H,3H2,1H3. The third-order valence-electron chi connectivity index (χ3n) is 1.70. The summed E-state index contributed by atoms with van der Waals surface area (Å²) in [6, 6.07) is 1.21. The fourth-order valence-electron chi connectivity index (χ4n) is 0.957. The van der Waals surface area contributed by atoms with E-state index in [-0.39, 0.29) is 17.9 Å². The Morgan fingerprint density at radius 2 is 2.23 bits per heavy atom. The molecule has 0 saturated carbocycles. The summed E-state index contributed by atoms with van der Waals surface area (Å²) in [6.07, 6.45) is -2.54. The van der Waals surface area contributed by atoms with E-state index in [1.807, 2.05) is 0 Å². The molecule has 0 amide bonds. The van der Waals surface area contributed by atoms with Gasteiger partial charge < -0.3 is 5.11 Å². The first-order chi connectivity index (χ1) is 6.06. The van der Waals surface area contributed by atoms with Crippen LogP contribution in [0.1, 0.15) is 23.2 Å². The minimum atomic E-state index is -2.54. The van der Waals surface area contributed by atoms with Crippen molar-refractivity contribution in [2.45, 2.75) is 20.0 Å². The SMILES string of the molecule is Cc1c(C(F)F)cc(CO)nc1Br. The van der Waals surface area contributed by atoms with Crippen LogP contribution in [0, 0.1) is 6.92 Å². The first-order valence-corrected chi connectivity index (χ1v) is 4.40. The van der Waals surface area contributed by atoms with Crippen LogP contribution in [0.3, 0.4) is 0 Å². The molecule has 2 nitrogen and oxygen atoms in total. The number of pyridine rings is 1. The van der Waals surface area contributed by atoms with E-state index in [1.54, 1.807) is 6.92 Å². The highest BCUT2D eigenvalue weighted by atomic mass is 79.9. The fourth-order valence-corrected chi connectivity index (χ4v) is 1.41. The second-order valence-electron chi connectivity index (χ2n) is 2.58. The smallest absolute Gasteiger partial charge is 0.264 e. The van der Waals surface area contributed by atoms with Gasteiger partial charge in [0.2, 0.25) is 0 Å². The van der Waals surface area contributed by atoms with E-state index in [1.165, 1.54) is 6.07 Å². The molecule has 0 bridgehead atoms. The monoisotopic (exact) mass is 251 g/mol. The van der Waals surface area contributed by atoms with Gasteiger partial charge in [-0.3, -0.25) is 0 Å². The highest BCUT2D eigenvalue weighted by Gasteiger charge is 2.14. The third kappa shape index (κ3) is 2.22. The van der Waals surface area contributed by atoms with Gasteiger partial charge in [0.15, 0.2) is 0 Å². The maximum absolute atomic E-state index is 12.4. The molecule has 1 N–H and O–H groups in total. The lowest BCUT2D eigenvalue weighted by Gasteiger charge is -2.07. The number of hydrogen-bond donors (Lipinski definition) is 1. The summed E-state index contributed by atoms with van der Waals surface area (Å²) in [6.45, 7) is 1.22. The summed E-state index contributed by atoms with van der Waals surface area (Å²) in [5.41, 5.74) is 0.561. The van der Waals surface area contributed by atoms with E-state index in [0.29, 0.717) is 10.2 Å². The highest BCUT2D eigenvalue weighted by molar-refractivity contribution is 9.10. The molecule has 13 heavy (non-hydrogen) atoms. The summed E-state index contributed by atoms with van der Waals surface area (Å²) in [7, 11) is 0. The normalized spacial score (nSPS) is 10.9. The van der Waals surface area contributed by atoms with E-state index in [2.05, 4.69) is 20.9 Å². The van der Waals surface area contributed by atoms with E-state index in [4.69, 9.17) is 5.11 Å². The number of aliphatic hydroxyl groups excluding tert-OH is 1. The Morgan fingerprint density at radius 1 is 1.62 bits per heavy atom. The van der Waals surface area contributed by atoms with Gasteiger partial charge in [0, 0.05) is 5.56 Å². The molecule has 0 unspecified atom stereocenters. The summed E-state index contributed by atoms with van der Waals surface area (Å²) in [5.74, 6) is 0. The Bertz CT molecular complexity index is 317. The highest BCUT2D eigenvalue weighted by Crippen LogP contribution is 2.27. The van der Waals surface area contributed by atoms with E-state index in [9.17, 15) is 8.78 Å². The van der Waals surface area contributed by atoms with Crippen molar-refractivity contribution in [3.8, 4) is 0 Å². The zero-order valence-corrected chi connectivity index (χ0v) is 8.48. The van der Waals surface area contributed by atoms with E-state index < -0.39 is 6.43 Å². The molecule has 0 radical (unpaired) electrons. The van der Waals surface area contributed by atoms with Crippen molar-refractivity contribution in [3.05, 3.63) is 27.5 Å². The van der Waals surface area contributed by atoms with Crippen LogP contribution in [-0.2, 0) is 6.61 Å². The molecule has 5 heteroatoms. The largest absolute Gasteiger partial charge is 0.390 e. The second-order valence-corrected chi connectivity index (χ2v) is 3.33. The average Bonchev–Trinajstić information content (AvgIpc) is 2.09. The van der Waals surface area contributed by atoms with Crippen molar-refractivity contribution < 1.29 is 13.9 Å². The molecule has 0 saturated heterocycles. The Labute approximate surface area is 82.7 Å². The number of aliphatic hydroxyl groups is 1. The first kappa shape index (κ1) is 10.5. The minimum absolute atomic E-state index is 0.0917. The van der Waals surface area contributed by atoms with Crippen molar-refractivity contribution in [2.75, 3.05) is 0 Å². The molecule has 0 aliphatic carbocycles. The molecular weight excluding hydrogens is 244 g/mol. The Morgan fingerprint density at radius 3 is 2.69 bits per heavy atom. The molecule has 1 heterocycles. The molecule has 0 aliphatic heterocycles. The summed E-state index contributed by atoms with van der Waals surface area (Å²) in [5, 5.41) is 8.73. The molecule has 72 valence electrons. The number of halogens is 3. The summed E-state index contributed by atoms with van der Waals surface area (Å²) >= 11 is 3.05. The van der Waals surface area contributed by atoms with Gasteiger partial charge in [-0.05, 0) is 34.5 Å². The maximum Gasteiger partial charge on any atom is 0.264 e. The van der Waals surface area contributed by atoms with Crippen LogP contribution in [-0.4, -0.2) is 10.1 Å². The molecule has 1 rings (SSSR count). The van der Waals surface area contributed by atoms with Crippen LogP contribution in [0.4, 0.5) is 8.78 Å². The predicted molar refractivity (Wildman–Crippen MR) is 47.6 cm³/mol. The number of aromatic nitrogens is 1. The molecule has 0 aliphatic rings. The predicted octanol–water partition coefficient (Wildman–Crippen LogP) is 2.58. The minimum Gasteiger partial charge on any atom is -0.390 e. The number of nitrogens with zero attached hydrogens (tertiary/aromatic N) is 1. The van der Waals surface area contributed by atoms with Gasteiger partial charge in [-0.15, -0.1) is 0 Å². The maximum atomic E-state index is 12.4. The lowest BCUT2D eigenvalue weighted by Crippen LogP contribution is -1.98. The van der Waals surface area contributed by atoms with Gasteiger partial charge >= 0.3 is 0 Å². The van der Waals surface area contributed by atoms with Gasteiger partial charge in [0.05, 0.1) is 12.3 Å². The number of alkyl halides is 2.